The summed E-state index contributed by atoms with van der Waals surface area (Å²) in [7, 11) is 0. The number of aromatic nitrogens is 2. The van der Waals surface area contributed by atoms with Crippen molar-refractivity contribution < 1.29 is 4.79 Å². The van der Waals surface area contributed by atoms with Crippen molar-refractivity contribution >= 4 is 21.8 Å². The fraction of sp³-hybridized carbons (Fsp3) is 0.636. The van der Waals surface area contributed by atoms with E-state index >= 15 is 0 Å². The van der Waals surface area contributed by atoms with Gasteiger partial charge in [-0.1, -0.05) is 22.9 Å². The maximum atomic E-state index is 12.0. The van der Waals surface area contributed by atoms with Crippen LogP contribution >= 0.6 is 15.9 Å². The summed E-state index contributed by atoms with van der Waals surface area (Å²) < 4.78 is 0. The standard InChI is InChI=1S/C11H18BrN3O/c1-4-11(3,5-6-12)14-10(16)9-7-13-15-8(9)2/h7H,4-6H2,1-3H3,(H,13,15)(H,14,16). The highest BCUT2D eigenvalue weighted by molar-refractivity contribution is 9.09. The van der Waals surface area contributed by atoms with E-state index in [1.165, 1.54) is 0 Å². The summed E-state index contributed by atoms with van der Waals surface area (Å²) in [5, 5.41) is 10.5. The van der Waals surface area contributed by atoms with Crippen LogP contribution in [0.15, 0.2) is 6.20 Å². The maximum absolute atomic E-state index is 12.0. The molecule has 4 nitrogen and oxygen atoms in total. The van der Waals surface area contributed by atoms with Crippen LogP contribution < -0.4 is 5.32 Å². The molecule has 0 aromatic carbocycles. The number of nitrogens with one attached hydrogen (secondary N) is 2. The number of rotatable bonds is 5. The van der Waals surface area contributed by atoms with Crippen molar-refractivity contribution in [1.29, 1.82) is 0 Å². The summed E-state index contributed by atoms with van der Waals surface area (Å²) in [6.07, 6.45) is 3.38. The molecule has 0 saturated carbocycles. The molecule has 0 fully saturated rings. The van der Waals surface area contributed by atoms with Crippen LogP contribution in [0, 0.1) is 6.92 Å². The van der Waals surface area contributed by atoms with Gasteiger partial charge in [0.15, 0.2) is 0 Å². The van der Waals surface area contributed by atoms with Crippen molar-refractivity contribution in [2.24, 2.45) is 0 Å². The minimum Gasteiger partial charge on any atom is -0.347 e. The number of H-pyrrole nitrogens is 1. The molecule has 16 heavy (non-hydrogen) atoms. The number of hydrogen-bond acceptors (Lipinski definition) is 2. The average molecular weight is 288 g/mol. The molecule has 90 valence electrons. The molecule has 0 saturated heterocycles. The number of carbonyl (C=O) groups excluding carboxylic acids is 1. The zero-order chi connectivity index (χ0) is 12.2. The Morgan fingerprint density at radius 1 is 1.69 bits per heavy atom. The zero-order valence-corrected chi connectivity index (χ0v) is 11.5. The third-order valence-electron chi connectivity index (χ3n) is 2.92. The lowest BCUT2D eigenvalue weighted by molar-refractivity contribution is 0.0901. The topological polar surface area (TPSA) is 57.8 Å². The summed E-state index contributed by atoms with van der Waals surface area (Å²) in [6.45, 7) is 5.97. The molecule has 0 aliphatic rings. The second-order valence-corrected chi connectivity index (χ2v) is 5.01. The van der Waals surface area contributed by atoms with Gasteiger partial charge in [0, 0.05) is 16.6 Å². The first-order valence-electron chi connectivity index (χ1n) is 5.41. The van der Waals surface area contributed by atoms with Crippen LogP contribution in [0.1, 0.15) is 42.7 Å². The number of halogens is 1. The first-order valence-corrected chi connectivity index (χ1v) is 6.53. The molecule has 0 aliphatic heterocycles. The molecular weight excluding hydrogens is 270 g/mol. The Morgan fingerprint density at radius 3 is 2.81 bits per heavy atom. The van der Waals surface area contributed by atoms with E-state index < -0.39 is 0 Å². The van der Waals surface area contributed by atoms with Crippen LogP contribution in [-0.4, -0.2) is 27.0 Å². The third-order valence-corrected chi connectivity index (χ3v) is 3.31. The molecule has 0 aliphatic carbocycles. The van der Waals surface area contributed by atoms with Crippen LogP contribution in [-0.2, 0) is 0 Å². The van der Waals surface area contributed by atoms with Gasteiger partial charge in [-0.15, -0.1) is 0 Å². The smallest absolute Gasteiger partial charge is 0.255 e. The van der Waals surface area contributed by atoms with E-state index in [0.717, 1.165) is 23.9 Å². The van der Waals surface area contributed by atoms with Gasteiger partial charge in [0.2, 0.25) is 0 Å². The Morgan fingerprint density at radius 2 is 2.38 bits per heavy atom. The van der Waals surface area contributed by atoms with Crippen molar-refractivity contribution in [1.82, 2.24) is 15.5 Å². The summed E-state index contributed by atoms with van der Waals surface area (Å²) >= 11 is 3.41. The highest BCUT2D eigenvalue weighted by Gasteiger charge is 2.25. The fourth-order valence-electron chi connectivity index (χ4n) is 1.46. The van der Waals surface area contributed by atoms with E-state index in [1.54, 1.807) is 6.20 Å². The quantitative estimate of drug-likeness (QED) is 0.817. The number of amides is 1. The number of carbonyl (C=O) groups is 1. The van der Waals surface area contributed by atoms with E-state index in [9.17, 15) is 4.79 Å². The van der Waals surface area contributed by atoms with Gasteiger partial charge in [0.25, 0.3) is 5.91 Å². The molecule has 1 unspecified atom stereocenters. The molecule has 2 N–H and O–H groups in total. The Bertz CT molecular complexity index is 364. The van der Waals surface area contributed by atoms with Gasteiger partial charge in [-0.25, -0.2) is 0 Å². The Labute approximate surface area is 104 Å². The van der Waals surface area contributed by atoms with Gasteiger partial charge in [-0.2, -0.15) is 5.10 Å². The van der Waals surface area contributed by atoms with Crippen LogP contribution in [0.2, 0.25) is 0 Å². The van der Waals surface area contributed by atoms with E-state index in [2.05, 4.69) is 45.3 Å². The molecular formula is C11H18BrN3O. The summed E-state index contributed by atoms with van der Waals surface area (Å²) in [6, 6.07) is 0. The molecule has 1 heterocycles. The molecule has 0 bridgehead atoms. The highest BCUT2D eigenvalue weighted by atomic mass is 79.9. The number of hydrogen-bond donors (Lipinski definition) is 2. The minimum absolute atomic E-state index is 0.0587. The van der Waals surface area contributed by atoms with Crippen LogP contribution in [0.5, 0.6) is 0 Å². The van der Waals surface area contributed by atoms with Gasteiger partial charge in [-0.05, 0) is 26.7 Å². The second-order valence-electron chi connectivity index (χ2n) is 4.22. The first kappa shape index (κ1) is 13.2. The predicted octanol–water partition coefficient (Wildman–Crippen LogP) is 2.40. The highest BCUT2D eigenvalue weighted by Crippen LogP contribution is 2.17. The Balaban J connectivity index is 2.73. The van der Waals surface area contributed by atoms with Crippen LogP contribution in [0.3, 0.4) is 0 Å². The van der Waals surface area contributed by atoms with Crippen molar-refractivity contribution in [3.63, 3.8) is 0 Å². The van der Waals surface area contributed by atoms with E-state index in [-0.39, 0.29) is 11.4 Å². The zero-order valence-electron chi connectivity index (χ0n) is 9.93. The lowest BCUT2D eigenvalue weighted by Gasteiger charge is -2.28. The van der Waals surface area contributed by atoms with E-state index in [0.29, 0.717) is 5.56 Å². The monoisotopic (exact) mass is 287 g/mol. The molecule has 1 amide bonds. The Kier molecular flexibility index (Phi) is 4.53. The molecule has 1 rings (SSSR count). The summed E-state index contributed by atoms with van der Waals surface area (Å²) in [5.41, 5.74) is 1.26. The summed E-state index contributed by atoms with van der Waals surface area (Å²) in [5.74, 6) is -0.0587. The maximum Gasteiger partial charge on any atom is 0.255 e. The van der Waals surface area contributed by atoms with Crippen molar-refractivity contribution in [3.8, 4) is 0 Å². The second kappa shape index (κ2) is 5.48. The molecule has 5 heteroatoms. The lowest BCUT2D eigenvalue weighted by atomic mass is 9.95. The minimum atomic E-state index is -0.162. The third kappa shape index (κ3) is 3.07. The van der Waals surface area contributed by atoms with Gasteiger partial charge in [0.1, 0.15) is 0 Å². The number of nitrogens with zero attached hydrogens (tertiary/aromatic N) is 1. The van der Waals surface area contributed by atoms with Crippen molar-refractivity contribution in [3.05, 3.63) is 17.5 Å². The normalized spacial score (nSPS) is 14.5. The Hall–Kier alpha value is -0.840. The number of aromatic amines is 1. The molecule has 1 atom stereocenters. The molecule has 1 aromatic rings. The molecule has 1 aromatic heterocycles. The van der Waals surface area contributed by atoms with E-state index in [1.807, 2.05) is 6.92 Å². The van der Waals surface area contributed by atoms with E-state index in [4.69, 9.17) is 0 Å². The SMILES string of the molecule is CCC(C)(CCBr)NC(=O)c1cn[nH]c1C. The largest absolute Gasteiger partial charge is 0.347 e. The van der Waals surface area contributed by atoms with Crippen molar-refractivity contribution in [2.75, 3.05) is 5.33 Å². The lowest BCUT2D eigenvalue weighted by Crippen LogP contribution is -2.45. The number of alkyl halides is 1. The van der Waals surface area contributed by atoms with Crippen LogP contribution in [0.25, 0.3) is 0 Å². The van der Waals surface area contributed by atoms with Gasteiger partial charge >= 0.3 is 0 Å². The summed E-state index contributed by atoms with van der Waals surface area (Å²) in [4.78, 5) is 12.0. The van der Waals surface area contributed by atoms with Crippen LogP contribution in [0.4, 0.5) is 0 Å². The number of aryl methyl sites for hydroxylation is 1. The van der Waals surface area contributed by atoms with Gasteiger partial charge < -0.3 is 5.32 Å². The first-order chi connectivity index (χ1) is 7.52. The van der Waals surface area contributed by atoms with Gasteiger partial charge in [-0.3, -0.25) is 9.89 Å². The van der Waals surface area contributed by atoms with Gasteiger partial charge in [0.05, 0.1) is 11.8 Å². The molecule has 0 radical (unpaired) electrons. The predicted molar refractivity (Wildman–Crippen MR) is 67.9 cm³/mol. The average Bonchev–Trinajstić information content (AvgIpc) is 2.65. The molecule has 0 spiro atoms. The fourth-order valence-corrected chi connectivity index (χ4v) is 2.33. The van der Waals surface area contributed by atoms with Crippen molar-refractivity contribution in [2.45, 2.75) is 39.2 Å².